The van der Waals surface area contributed by atoms with Gasteiger partial charge in [0.1, 0.15) is 5.76 Å². The molecule has 1 aliphatic rings. The zero-order chi connectivity index (χ0) is 10.9. The molecular formula is C12H12O3. The minimum absolute atomic E-state index is 0.370. The fraction of sp³-hybridized carbons (Fsp3) is 0.250. The second kappa shape index (κ2) is 3.42. The highest BCUT2D eigenvalue weighted by Gasteiger charge is 2.30. The predicted octanol–water partition coefficient (Wildman–Crippen LogP) is 2.34. The molecule has 0 saturated heterocycles. The van der Waals surface area contributed by atoms with Gasteiger partial charge in [-0.05, 0) is 0 Å². The molecule has 0 amide bonds. The Hall–Kier alpha value is -1.77. The number of rotatable bonds is 1. The van der Waals surface area contributed by atoms with Gasteiger partial charge in [0.2, 0.25) is 5.79 Å². The first-order chi connectivity index (χ1) is 7.07. The van der Waals surface area contributed by atoms with Crippen LogP contribution in [0.25, 0.3) is 5.76 Å². The number of hydrogen-bond acceptors (Lipinski definition) is 3. The largest absolute Gasteiger partial charge is 0.452 e. The molecule has 1 aromatic carbocycles. The third kappa shape index (κ3) is 2.18. The van der Waals surface area contributed by atoms with E-state index in [0.717, 1.165) is 5.56 Å². The molecule has 0 unspecified atom stereocenters. The Morgan fingerprint density at radius 1 is 1.07 bits per heavy atom. The van der Waals surface area contributed by atoms with Crippen LogP contribution >= 0.6 is 0 Å². The first-order valence-electron chi connectivity index (χ1n) is 4.76. The molecule has 1 heterocycles. The maximum atomic E-state index is 11.3. The molecule has 3 heteroatoms. The lowest BCUT2D eigenvalue weighted by molar-refractivity contribution is -0.193. The zero-order valence-electron chi connectivity index (χ0n) is 8.69. The minimum Gasteiger partial charge on any atom is -0.452 e. The summed E-state index contributed by atoms with van der Waals surface area (Å²) >= 11 is 0. The summed E-state index contributed by atoms with van der Waals surface area (Å²) < 4.78 is 10.5. The Morgan fingerprint density at radius 2 is 1.73 bits per heavy atom. The van der Waals surface area contributed by atoms with E-state index in [1.54, 1.807) is 13.8 Å². The molecule has 0 saturated carbocycles. The van der Waals surface area contributed by atoms with E-state index in [2.05, 4.69) is 0 Å². The molecule has 0 atom stereocenters. The van der Waals surface area contributed by atoms with Crippen LogP contribution in [0.4, 0.5) is 0 Å². The van der Waals surface area contributed by atoms with E-state index >= 15 is 0 Å². The molecule has 78 valence electrons. The lowest BCUT2D eigenvalue weighted by atomic mass is 10.1. The molecule has 3 nitrogen and oxygen atoms in total. The van der Waals surface area contributed by atoms with E-state index in [4.69, 9.17) is 9.47 Å². The summed E-state index contributed by atoms with van der Waals surface area (Å²) in [7, 11) is 0. The highest BCUT2D eigenvalue weighted by Crippen LogP contribution is 2.28. The molecule has 0 radical (unpaired) electrons. The second-order valence-electron chi connectivity index (χ2n) is 3.80. The molecular weight excluding hydrogens is 192 g/mol. The van der Waals surface area contributed by atoms with Crippen molar-refractivity contribution in [2.45, 2.75) is 19.6 Å². The molecule has 0 fully saturated rings. The van der Waals surface area contributed by atoms with Gasteiger partial charge in [0.15, 0.2) is 0 Å². The van der Waals surface area contributed by atoms with Crippen LogP contribution in [0.1, 0.15) is 19.4 Å². The number of esters is 1. The maximum Gasteiger partial charge on any atom is 0.337 e. The van der Waals surface area contributed by atoms with Crippen LogP contribution in [-0.2, 0) is 14.3 Å². The van der Waals surface area contributed by atoms with Gasteiger partial charge in [-0.1, -0.05) is 30.3 Å². The van der Waals surface area contributed by atoms with E-state index in [0.29, 0.717) is 5.76 Å². The van der Waals surface area contributed by atoms with Crippen LogP contribution in [0.5, 0.6) is 0 Å². The van der Waals surface area contributed by atoms with Gasteiger partial charge >= 0.3 is 5.97 Å². The predicted molar refractivity (Wildman–Crippen MR) is 55.7 cm³/mol. The van der Waals surface area contributed by atoms with E-state index in [1.165, 1.54) is 6.08 Å². The standard InChI is InChI=1S/C12H12O3/c1-12(2)14-10(8-11(13)15-12)9-6-4-3-5-7-9/h3-8H,1-2H3. The summed E-state index contributed by atoms with van der Waals surface area (Å²) in [6.45, 7) is 3.42. The number of carbonyl (C=O) groups is 1. The molecule has 0 aromatic heterocycles. The summed E-state index contributed by atoms with van der Waals surface area (Å²) in [5.41, 5.74) is 0.877. The molecule has 0 N–H and O–H groups in total. The maximum absolute atomic E-state index is 11.3. The minimum atomic E-state index is -0.892. The van der Waals surface area contributed by atoms with Crippen molar-refractivity contribution < 1.29 is 14.3 Å². The monoisotopic (exact) mass is 204 g/mol. The normalized spacial score (nSPS) is 18.8. The van der Waals surface area contributed by atoms with Crippen LogP contribution < -0.4 is 0 Å². The van der Waals surface area contributed by atoms with E-state index in [-0.39, 0.29) is 5.97 Å². The van der Waals surface area contributed by atoms with Gasteiger partial charge in [-0.25, -0.2) is 4.79 Å². The smallest absolute Gasteiger partial charge is 0.337 e. The van der Waals surface area contributed by atoms with Crippen molar-refractivity contribution in [1.82, 2.24) is 0 Å². The van der Waals surface area contributed by atoms with Crippen molar-refractivity contribution in [3.63, 3.8) is 0 Å². The van der Waals surface area contributed by atoms with Crippen LogP contribution in [-0.4, -0.2) is 11.8 Å². The summed E-state index contributed by atoms with van der Waals surface area (Å²) in [4.78, 5) is 11.3. The van der Waals surface area contributed by atoms with Crippen LogP contribution in [0, 0.1) is 0 Å². The van der Waals surface area contributed by atoms with Crippen molar-refractivity contribution in [2.24, 2.45) is 0 Å². The summed E-state index contributed by atoms with van der Waals surface area (Å²) in [6.07, 6.45) is 1.36. The summed E-state index contributed by atoms with van der Waals surface area (Å²) in [6, 6.07) is 9.48. The molecule has 15 heavy (non-hydrogen) atoms. The lowest BCUT2D eigenvalue weighted by Crippen LogP contribution is -2.33. The van der Waals surface area contributed by atoms with Crippen molar-refractivity contribution >= 4 is 11.7 Å². The second-order valence-corrected chi connectivity index (χ2v) is 3.80. The van der Waals surface area contributed by atoms with E-state index in [9.17, 15) is 4.79 Å². The highest BCUT2D eigenvalue weighted by molar-refractivity contribution is 5.91. The lowest BCUT2D eigenvalue weighted by Gasteiger charge is -2.30. The quantitative estimate of drug-likeness (QED) is 0.658. The van der Waals surface area contributed by atoms with Crippen molar-refractivity contribution in [2.75, 3.05) is 0 Å². The van der Waals surface area contributed by atoms with Crippen molar-refractivity contribution in [1.29, 1.82) is 0 Å². The van der Waals surface area contributed by atoms with Gasteiger partial charge in [0.05, 0.1) is 6.08 Å². The summed E-state index contributed by atoms with van der Waals surface area (Å²) in [5, 5.41) is 0. The number of benzene rings is 1. The van der Waals surface area contributed by atoms with Gasteiger partial charge in [0, 0.05) is 19.4 Å². The molecule has 2 rings (SSSR count). The van der Waals surface area contributed by atoms with Gasteiger partial charge < -0.3 is 9.47 Å². The van der Waals surface area contributed by atoms with Crippen LogP contribution in [0.2, 0.25) is 0 Å². The fourth-order valence-corrected chi connectivity index (χ4v) is 1.44. The Morgan fingerprint density at radius 3 is 2.33 bits per heavy atom. The van der Waals surface area contributed by atoms with Crippen molar-refractivity contribution in [3.8, 4) is 0 Å². The van der Waals surface area contributed by atoms with Crippen LogP contribution in [0.15, 0.2) is 36.4 Å². The first kappa shape index (κ1) is 9.77. The zero-order valence-corrected chi connectivity index (χ0v) is 8.69. The number of carbonyl (C=O) groups excluding carboxylic acids is 1. The third-order valence-corrected chi connectivity index (χ3v) is 2.01. The molecule has 0 bridgehead atoms. The Labute approximate surface area is 88.3 Å². The first-order valence-corrected chi connectivity index (χ1v) is 4.76. The van der Waals surface area contributed by atoms with Crippen LogP contribution in [0.3, 0.4) is 0 Å². The third-order valence-electron chi connectivity index (χ3n) is 2.01. The van der Waals surface area contributed by atoms with Gasteiger partial charge in [0.25, 0.3) is 0 Å². The number of ether oxygens (including phenoxy) is 2. The number of cyclic esters (lactones) is 1. The Kier molecular flexibility index (Phi) is 2.23. The van der Waals surface area contributed by atoms with E-state index in [1.807, 2.05) is 30.3 Å². The Bertz CT molecular complexity index is 404. The average Bonchev–Trinajstić information content (AvgIpc) is 2.16. The summed E-state index contributed by atoms with van der Waals surface area (Å²) in [5.74, 6) is -0.709. The van der Waals surface area contributed by atoms with Gasteiger partial charge in [-0.3, -0.25) is 0 Å². The topological polar surface area (TPSA) is 35.5 Å². The molecule has 1 aliphatic heterocycles. The van der Waals surface area contributed by atoms with E-state index < -0.39 is 5.79 Å². The van der Waals surface area contributed by atoms with Crippen molar-refractivity contribution in [3.05, 3.63) is 42.0 Å². The SMILES string of the molecule is CC1(C)OC(=O)C=C(c2ccccc2)O1. The van der Waals surface area contributed by atoms with Gasteiger partial charge in [-0.15, -0.1) is 0 Å². The molecule has 0 spiro atoms. The average molecular weight is 204 g/mol. The highest BCUT2D eigenvalue weighted by atomic mass is 16.7. The fourth-order valence-electron chi connectivity index (χ4n) is 1.44. The number of hydrogen-bond donors (Lipinski definition) is 0. The molecule has 1 aromatic rings. The Balaban J connectivity index is 2.35. The molecule has 0 aliphatic carbocycles. The van der Waals surface area contributed by atoms with Gasteiger partial charge in [-0.2, -0.15) is 0 Å².